The van der Waals surface area contributed by atoms with Gasteiger partial charge in [0.15, 0.2) is 11.5 Å². The maximum Gasteiger partial charge on any atom is 0.286 e. The van der Waals surface area contributed by atoms with Gasteiger partial charge in [0.2, 0.25) is 0 Å². The van der Waals surface area contributed by atoms with Crippen LogP contribution in [0, 0.1) is 10.1 Å². The van der Waals surface area contributed by atoms with Crippen LogP contribution in [0.15, 0.2) is 36.4 Å². The highest BCUT2D eigenvalue weighted by molar-refractivity contribution is 5.99. The summed E-state index contributed by atoms with van der Waals surface area (Å²) < 4.78 is 15.9. The largest absolute Gasteiger partial charge is 0.497 e. The number of nitro groups is 1. The van der Waals surface area contributed by atoms with Crippen LogP contribution in [-0.2, 0) is 0 Å². The Bertz CT molecular complexity index is 932. The Hall–Kier alpha value is -3.49. The SMILES string of the molecule is CCOc1cc(C(=O)N2CCCN(c3ccc(OC)cc3)CC2)c([N+](=O)[O-])cc1OC. The average Bonchev–Trinajstić information content (AvgIpc) is 3.05. The topological polar surface area (TPSA) is 94.4 Å². The number of hydrogen-bond donors (Lipinski definition) is 0. The highest BCUT2D eigenvalue weighted by atomic mass is 16.6. The van der Waals surface area contributed by atoms with Gasteiger partial charge in [0.1, 0.15) is 11.3 Å². The van der Waals surface area contributed by atoms with Gasteiger partial charge in [0, 0.05) is 37.9 Å². The molecule has 1 amide bonds. The zero-order chi connectivity index (χ0) is 22.4. The van der Waals surface area contributed by atoms with E-state index in [0.717, 1.165) is 24.4 Å². The Kier molecular flexibility index (Phi) is 7.17. The summed E-state index contributed by atoms with van der Waals surface area (Å²) in [6, 6.07) is 10.4. The molecule has 9 nitrogen and oxygen atoms in total. The van der Waals surface area contributed by atoms with E-state index >= 15 is 0 Å². The first-order valence-corrected chi connectivity index (χ1v) is 10.2. The number of ether oxygens (including phenoxy) is 3. The quantitative estimate of drug-likeness (QED) is 0.492. The van der Waals surface area contributed by atoms with Gasteiger partial charge < -0.3 is 24.0 Å². The Labute approximate surface area is 181 Å². The average molecular weight is 429 g/mol. The lowest BCUT2D eigenvalue weighted by Gasteiger charge is -2.24. The van der Waals surface area contributed by atoms with Crippen molar-refractivity contribution in [2.75, 3.05) is 51.9 Å². The van der Waals surface area contributed by atoms with E-state index in [9.17, 15) is 14.9 Å². The van der Waals surface area contributed by atoms with Crippen LogP contribution in [0.2, 0.25) is 0 Å². The van der Waals surface area contributed by atoms with Gasteiger partial charge in [-0.05, 0) is 37.6 Å². The van der Waals surface area contributed by atoms with E-state index < -0.39 is 4.92 Å². The van der Waals surface area contributed by atoms with E-state index in [2.05, 4.69) is 4.90 Å². The molecule has 0 aromatic heterocycles. The van der Waals surface area contributed by atoms with Crippen molar-refractivity contribution < 1.29 is 23.9 Å². The van der Waals surface area contributed by atoms with E-state index in [1.54, 1.807) is 18.9 Å². The molecule has 2 aromatic carbocycles. The van der Waals surface area contributed by atoms with Gasteiger partial charge in [0.25, 0.3) is 11.6 Å². The second-order valence-electron chi connectivity index (χ2n) is 7.04. The summed E-state index contributed by atoms with van der Waals surface area (Å²) >= 11 is 0. The van der Waals surface area contributed by atoms with Crippen LogP contribution in [0.4, 0.5) is 11.4 Å². The van der Waals surface area contributed by atoms with Crippen molar-refractivity contribution >= 4 is 17.3 Å². The number of methoxy groups -OCH3 is 2. The molecule has 2 aromatic rings. The Morgan fingerprint density at radius 1 is 1.03 bits per heavy atom. The number of rotatable bonds is 7. The van der Waals surface area contributed by atoms with Gasteiger partial charge in [-0.15, -0.1) is 0 Å². The number of nitrogens with zero attached hydrogens (tertiary/aromatic N) is 3. The Morgan fingerprint density at radius 2 is 1.77 bits per heavy atom. The van der Waals surface area contributed by atoms with Crippen molar-refractivity contribution in [1.82, 2.24) is 4.90 Å². The number of carbonyl (C=O) groups is 1. The predicted octanol–water partition coefficient (Wildman–Crippen LogP) is 3.36. The molecule has 1 aliphatic heterocycles. The summed E-state index contributed by atoms with van der Waals surface area (Å²) in [6.07, 6.45) is 0.750. The van der Waals surface area contributed by atoms with Gasteiger partial charge in [-0.25, -0.2) is 0 Å². The number of anilines is 1. The Morgan fingerprint density at radius 3 is 2.39 bits per heavy atom. The number of amides is 1. The van der Waals surface area contributed by atoms with Crippen LogP contribution in [0.5, 0.6) is 17.2 Å². The van der Waals surface area contributed by atoms with Crippen molar-refractivity contribution in [3.05, 3.63) is 52.1 Å². The zero-order valence-electron chi connectivity index (χ0n) is 18.0. The van der Waals surface area contributed by atoms with Gasteiger partial charge in [-0.3, -0.25) is 14.9 Å². The summed E-state index contributed by atoms with van der Waals surface area (Å²) in [5, 5.41) is 11.6. The molecule has 1 heterocycles. The first-order valence-electron chi connectivity index (χ1n) is 10.2. The predicted molar refractivity (Wildman–Crippen MR) is 117 cm³/mol. The van der Waals surface area contributed by atoms with Crippen LogP contribution < -0.4 is 19.1 Å². The third-order valence-corrected chi connectivity index (χ3v) is 5.23. The van der Waals surface area contributed by atoms with Crippen LogP contribution >= 0.6 is 0 Å². The van der Waals surface area contributed by atoms with Crippen molar-refractivity contribution in [3.8, 4) is 17.2 Å². The fourth-order valence-corrected chi connectivity index (χ4v) is 3.64. The smallest absolute Gasteiger partial charge is 0.286 e. The van der Waals surface area contributed by atoms with E-state index in [1.807, 2.05) is 24.3 Å². The second-order valence-corrected chi connectivity index (χ2v) is 7.04. The van der Waals surface area contributed by atoms with Gasteiger partial charge in [-0.2, -0.15) is 0 Å². The molecule has 1 saturated heterocycles. The molecule has 3 rings (SSSR count). The molecule has 0 aliphatic carbocycles. The van der Waals surface area contributed by atoms with Crippen LogP contribution in [-0.4, -0.2) is 62.7 Å². The molecule has 0 N–H and O–H groups in total. The minimum absolute atomic E-state index is 0.00662. The van der Waals surface area contributed by atoms with E-state index in [4.69, 9.17) is 14.2 Å². The summed E-state index contributed by atoms with van der Waals surface area (Å²) in [6.45, 7) is 4.52. The number of hydrogen-bond acceptors (Lipinski definition) is 7. The molecule has 0 atom stereocenters. The molecule has 31 heavy (non-hydrogen) atoms. The lowest BCUT2D eigenvalue weighted by atomic mass is 10.1. The summed E-state index contributed by atoms with van der Waals surface area (Å²) in [4.78, 5) is 28.2. The standard InChI is InChI=1S/C22H27N3O6/c1-4-31-21-14-18(19(25(27)28)15-20(21)30-3)22(26)24-11-5-10-23(12-13-24)16-6-8-17(29-2)9-7-16/h6-9,14-15H,4-5,10-13H2,1-3H3. The minimum atomic E-state index is -0.563. The van der Waals surface area contributed by atoms with Gasteiger partial charge in [0.05, 0.1) is 31.8 Å². The second kappa shape index (κ2) is 10.0. The molecule has 0 bridgehead atoms. The highest BCUT2D eigenvalue weighted by Crippen LogP contribution is 2.35. The van der Waals surface area contributed by atoms with Crippen LogP contribution in [0.3, 0.4) is 0 Å². The summed E-state index contributed by atoms with van der Waals surface area (Å²) in [5.41, 5.74) is 0.762. The third-order valence-electron chi connectivity index (χ3n) is 5.23. The van der Waals surface area contributed by atoms with E-state index in [0.29, 0.717) is 32.0 Å². The fraction of sp³-hybridized carbons (Fsp3) is 0.409. The monoisotopic (exact) mass is 429 g/mol. The van der Waals surface area contributed by atoms with Crippen molar-refractivity contribution in [2.24, 2.45) is 0 Å². The molecule has 166 valence electrons. The molecule has 0 spiro atoms. The van der Waals surface area contributed by atoms with Crippen LogP contribution in [0.25, 0.3) is 0 Å². The van der Waals surface area contributed by atoms with Crippen molar-refractivity contribution in [2.45, 2.75) is 13.3 Å². The number of nitro benzene ring substituents is 1. The first kappa shape index (κ1) is 22.2. The molecule has 1 aliphatic rings. The molecule has 0 saturated carbocycles. The lowest BCUT2D eigenvalue weighted by Crippen LogP contribution is -2.35. The molecule has 0 unspecified atom stereocenters. The maximum absolute atomic E-state index is 13.3. The van der Waals surface area contributed by atoms with Gasteiger partial charge in [-0.1, -0.05) is 0 Å². The third kappa shape index (κ3) is 4.99. The molecule has 1 fully saturated rings. The first-order chi connectivity index (χ1) is 15.0. The molecular formula is C22H27N3O6. The maximum atomic E-state index is 13.3. The molecule has 0 radical (unpaired) electrons. The Balaban J connectivity index is 1.82. The van der Waals surface area contributed by atoms with Crippen molar-refractivity contribution in [1.29, 1.82) is 0 Å². The lowest BCUT2D eigenvalue weighted by molar-refractivity contribution is -0.385. The normalized spacial score (nSPS) is 14.0. The molecular weight excluding hydrogens is 402 g/mol. The van der Waals surface area contributed by atoms with E-state index in [1.165, 1.54) is 19.2 Å². The summed E-state index contributed by atoms with van der Waals surface area (Å²) in [5.74, 6) is 0.944. The minimum Gasteiger partial charge on any atom is -0.497 e. The fourth-order valence-electron chi connectivity index (χ4n) is 3.64. The number of benzene rings is 2. The van der Waals surface area contributed by atoms with Crippen molar-refractivity contribution in [3.63, 3.8) is 0 Å². The van der Waals surface area contributed by atoms with E-state index in [-0.39, 0.29) is 22.9 Å². The summed E-state index contributed by atoms with van der Waals surface area (Å²) in [7, 11) is 3.03. The van der Waals surface area contributed by atoms with Crippen LogP contribution in [0.1, 0.15) is 23.7 Å². The number of carbonyl (C=O) groups excluding carboxylic acids is 1. The highest BCUT2D eigenvalue weighted by Gasteiger charge is 2.29. The zero-order valence-corrected chi connectivity index (χ0v) is 18.0. The molecule has 9 heteroatoms. The van der Waals surface area contributed by atoms with Gasteiger partial charge >= 0.3 is 0 Å².